The van der Waals surface area contributed by atoms with Gasteiger partial charge < -0.3 is 15.6 Å². The molecule has 1 aromatic carbocycles. The van der Waals surface area contributed by atoms with E-state index in [1.54, 1.807) is 0 Å². The number of ether oxygens (including phenoxy) is 1. The second-order valence-electron chi connectivity index (χ2n) is 9.78. The van der Waals surface area contributed by atoms with Gasteiger partial charge in [0.1, 0.15) is 11.9 Å². The van der Waals surface area contributed by atoms with E-state index in [0.29, 0.717) is 17.5 Å². The standard InChI is InChI=1S/C23H33N3O2/c1-22(27)9-10-23(2)17(13-22)12-20(26-11-3-4-18(25)15-26)21(23)28-19-7-5-16(14-24)6-8-19/h5-8,17-18,20-21,27H,3-4,9-13,15,25H2,1-2H3/t17-,18-,20-,21+,22?,23+/m1/s1. The van der Waals surface area contributed by atoms with Crippen LogP contribution in [0.2, 0.25) is 0 Å². The smallest absolute Gasteiger partial charge is 0.120 e. The molecule has 6 atom stereocenters. The fourth-order valence-electron chi connectivity index (χ4n) is 5.84. The fraction of sp³-hybridized carbons (Fsp3) is 0.696. The Morgan fingerprint density at radius 1 is 1.25 bits per heavy atom. The number of likely N-dealkylation sites (tertiary alicyclic amines) is 1. The van der Waals surface area contributed by atoms with Crippen LogP contribution in [0.5, 0.6) is 5.75 Å². The summed E-state index contributed by atoms with van der Waals surface area (Å²) in [7, 11) is 0. The monoisotopic (exact) mass is 383 g/mol. The van der Waals surface area contributed by atoms with Crippen molar-refractivity contribution in [3.05, 3.63) is 29.8 Å². The first-order chi connectivity index (χ1) is 13.3. The highest BCUT2D eigenvalue weighted by Crippen LogP contribution is 2.56. The van der Waals surface area contributed by atoms with E-state index >= 15 is 0 Å². The van der Waals surface area contributed by atoms with E-state index in [-0.39, 0.29) is 17.6 Å². The van der Waals surface area contributed by atoms with Crippen molar-refractivity contribution in [2.75, 3.05) is 13.1 Å². The molecule has 5 heteroatoms. The molecular formula is C23H33N3O2. The molecule has 3 aliphatic rings. The van der Waals surface area contributed by atoms with Crippen LogP contribution in [0.25, 0.3) is 0 Å². The summed E-state index contributed by atoms with van der Waals surface area (Å²) < 4.78 is 6.64. The summed E-state index contributed by atoms with van der Waals surface area (Å²) in [4.78, 5) is 2.54. The average Bonchev–Trinajstić information content (AvgIpc) is 2.94. The molecule has 28 heavy (non-hydrogen) atoms. The maximum atomic E-state index is 10.7. The Bertz CT molecular complexity index is 741. The normalized spacial score (nSPS) is 41.2. The van der Waals surface area contributed by atoms with Gasteiger partial charge >= 0.3 is 0 Å². The number of benzene rings is 1. The molecule has 3 fully saturated rings. The van der Waals surface area contributed by atoms with Crippen molar-refractivity contribution in [1.82, 2.24) is 4.90 Å². The van der Waals surface area contributed by atoms with Crippen LogP contribution in [0.4, 0.5) is 0 Å². The van der Waals surface area contributed by atoms with Gasteiger partial charge in [0.05, 0.1) is 17.2 Å². The minimum atomic E-state index is -0.573. The van der Waals surface area contributed by atoms with Gasteiger partial charge in [-0.25, -0.2) is 0 Å². The quantitative estimate of drug-likeness (QED) is 0.838. The van der Waals surface area contributed by atoms with E-state index in [4.69, 9.17) is 15.7 Å². The number of hydrogen-bond donors (Lipinski definition) is 2. The second kappa shape index (κ2) is 7.33. The van der Waals surface area contributed by atoms with Crippen LogP contribution >= 0.6 is 0 Å². The highest BCUT2D eigenvalue weighted by molar-refractivity contribution is 5.35. The van der Waals surface area contributed by atoms with E-state index in [1.807, 2.05) is 31.2 Å². The van der Waals surface area contributed by atoms with Crippen molar-refractivity contribution in [1.29, 1.82) is 5.26 Å². The second-order valence-corrected chi connectivity index (χ2v) is 9.78. The lowest BCUT2D eigenvalue weighted by molar-refractivity contribution is -0.0713. The number of nitriles is 1. The van der Waals surface area contributed by atoms with E-state index in [1.165, 1.54) is 0 Å². The van der Waals surface area contributed by atoms with Crippen LogP contribution in [0.15, 0.2) is 24.3 Å². The van der Waals surface area contributed by atoms with Crippen molar-refractivity contribution in [3.63, 3.8) is 0 Å². The summed E-state index contributed by atoms with van der Waals surface area (Å²) in [6.45, 7) is 6.33. The number of fused-ring (bicyclic) bond motifs is 1. The van der Waals surface area contributed by atoms with Crippen LogP contribution in [-0.2, 0) is 0 Å². The SMILES string of the molecule is CC1(O)CC[C@@]2(C)[C@H](C[C@@H](N3CCC[C@@H](N)C3)[C@@H]2Oc2ccc(C#N)cc2)C1. The molecule has 3 N–H and O–H groups in total. The van der Waals surface area contributed by atoms with Gasteiger partial charge in [-0.15, -0.1) is 0 Å². The van der Waals surface area contributed by atoms with E-state index in [0.717, 1.165) is 57.4 Å². The number of nitrogens with two attached hydrogens (primary N) is 1. The minimum Gasteiger partial charge on any atom is -0.488 e. The molecule has 0 aromatic heterocycles. The molecule has 1 aliphatic heterocycles. The summed E-state index contributed by atoms with van der Waals surface area (Å²) in [6, 6.07) is 10.2. The third-order valence-corrected chi connectivity index (χ3v) is 7.55. The molecule has 2 saturated carbocycles. The zero-order chi connectivity index (χ0) is 19.9. The van der Waals surface area contributed by atoms with Crippen LogP contribution < -0.4 is 10.5 Å². The molecule has 0 bridgehead atoms. The highest BCUT2D eigenvalue weighted by atomic mass is 16.5. The largest absolute Gasteiger partial charge is 0.488 e. The Balaban J connectivity index is 1.62. The molecule has 1 saturated heterocycles. The summed E-state index contributed by atoms with van der Waals surface area (Å²) in [5.41, 5.74) is 6.41. The maximum Gasteiger partial charge on any atom is 0.120 e. The molecular weight excluding hydrogens is 350 g/mol. The Hall–Kier alpha value is -1.61. The molecule has 0 amide bonds. The first-order valence-electron chi connectivity index (χ1n) is 10.7. The van der Waals surface area contributed by atoms with Gasteiger partial charge in [0.15, 0.2) is 0 Å². The van der Waals surface area contributed by atoms with Crippen molar-refractivity contribution in [2.24, 2.45) is 17.1 Å². The lowest BCUT2D eigenvalue weighted by Crippen LogP contribution is -2.54. The molecule has 1 heterocycles. The topological polar surface area (TPSA) is 82.5 Å². The van der Waals surface area contributed by atoms with Gasteiger partial charge in [0, 0.05) is 24.0 Å². The maximum absolute atomic E-state index is 10.7. The van der Waals surface area contributed by atoms with Gasteiger partial charge in [0.2, 0.25) is 0 Å². The van der Waals surface area contributed by atoms with Crippen LogP contribution in [0, 0.1) is 22.7 Å². The number of rotatable bonds is 3. The average molecular weight is 384 g/mol. The molecule has 152 valence electrons. The minimum absolute atomic E-state index is 0.0440. The number of aliphatic hydroxyl groups is 1. The Morgan fingerprint density at radius 3 is 2.68 bits per heavy atom. The lowest BCUT2D eigenvalue weighted by atomic mass is 9.64. The number of nitrogens with zero attached hydrogens (tertiary/aromatic N) is 2. The molecule has 0 spiro atoms. The summed E-state index contributed by atoms with van der Waals surface area (Å²) >= 11 is 0. The summed E-state index contributed by atoms with van der Waals surface area (Å²) in [6.07, 6.45) is 6.00. The third kappa shape index (κ3) is 3.66. The Morgan fingerprint density at radius 2 is 2.00 bits per heavy atom. The van der Waals surface area contributed by atoms with Crippen molar-refractivity contribution < 1.29 is 9.84 Å². The first-order valence-corrected chi connectivity index (χ1v) is 10.7. The number of hydrogen-bond acceptors (Lipinski definition) is 5. The van der Waals surface area contributed by atoms with Gasteiger partial charge in [-0.3, -0.25) is 4.90 Å². The van der Waals surface area contributed by atoms with Crippen molar-refractivity contribution >= 4 is 0 Å². The predicted octanol–water partition coefficient (Wildman–Crippen LogP) is 3.06. The molecule has 2 aliphatic carbocycles. The van der Waals surface area contributed by atoms with Gasteiger partial charge in [0.25, 0.3) is 0 Å². The first kappa shape index (κ1) is 19.7. The lowest BCUT2D eigenvalue weighted by Gasteiger charge is -2.46. The van der Waals surface area contributed by atoms with Gasteiger partial charge in [-0.05, 0) is 82.2 Å². The number of piperidine rings is 1. The van der Waals surface area contributed by atoms with E-state index in [9.17, 15) is 5.11 Å². The van der Waals surface area contributed by atoms with E-state index < -0.39 is 5.60 Å². The van der Waals surface area contributed by atoms with Crippen LogP contribution in [-0.4, -0.2) is 46.9 Å². The fourth-order valence-corrected chi connectivity index (χ4v) is 5.84. The van der Waals surface area contributed by atoms with Gasteiger partial charge in [-0.1, -0.05) is 6.92 Å². The summed E-state index contributed by atoms with van der Waals surface area (Å²) in [5, 5.41) is 19.8. The van der Waals surface area contributed by atoms with Crippen molar-refractivity contribution in [2.45, 2.75) is 76.2 Å². The predicted molar refractivity (Wildman–Crippen MR) is 109 cm³/mol. The molecule has 1 unspecified atom stereocenters. The zero-order valence-corrected chi connectivity index (χ0v) is 17.1. The molecule has 4 rings (SSSR count). The summed E-state index contributed by atoms with van der Waals surface area (Å²) in [5.74, 6) is 1.28. The zero-order valence-electron chi connectivity index (χ0n) is 17.1. The molecule has 1 aromatic rings. The Kier molecular flexibility index (Phi) is 5.16. The Labute approximate surface area is 168 Å². The van der Waals surface area contributed by atoms with E-state index in [2.05, 4.69) is 17.9 Å². The molecule has 0 radical (unpaired) electrons. The van der Waals surface area contributed by atoms with Crippen LogP contribution in [0.1, 0.15) is 57.9 Å². The third-order valence-electron chi connectivity index (χ3n) is 7.55. The van der Waals surface area contributed by atoms with Gasteiger partial charge in [-0.2, -0.15) is 5.26 Å². The highest BCUT2D eigenvalue weighted by Gasteiger charge is 2.58. The molecule has 5 nitrogen and oxygen atoms in total. The van der Waals surface area contributed by atoms with Crippen LogP contribution in [0.3, 0.4) is 0 Å². The van der Waals surface area contributed by atoms with Crippen molar-refractivity contribution in [3.8, 4) is 11.8 Å².